The Hall–Kier alpha value is -0.610. The van der Waals surface area contributed by atoms with Crippen molar-refractivity contribution in [3.63, 3.8) is 0 Å². The topological polar surface area (TPSA) is 66.8 Å². The largest absolute Gasteiger partial charge is 0.466 e. The highest BCUT2D eigenvalue weighted by Gasteiger charge is 2.54. The SMILES string of the molecule is CCOC(=O)C1(C)CCC2(CC1)C(O)CCC2O. The molecule has 0 aromatic heterocycles. The monoisotopic (exact) mass is 256 g/mol. The molecule has 0 heterocycles. The quantitative estimate of drug-likeness (QED) is 0.737. The predicted molar refractivity (Wildman–Crippen MR) is 66.9 cm³/mol. The second kappa shape index (κ2) is 4.82. The molecule has 2 unspecified atom stereocenters. The van der Waals surface area contributed by atoms with Gasteiger partial charge in [0.2, 0.25) is 0 Å². The van der Waals surface area contributed by atoms with Gasteiger partial charge in [0.25, 0.3) is 0 Å². The summed E-state index contributed by atoms with van der Waals surface area (Å²) in [6.07, 6.45) is 3.34. The van der Waals surface area contributed by atoms with E-state index >= 15 is 0 Å². The standard InChI is InChI=1S/C14H24O4/c1-3-18-12(17)13(2)6-8-14(9-7-13)10(15)4-5-11(14)16/h10-11,15-16H,3-9H2,1-2H3. The summed E-state index contributed by atoms with van der Waals surface area (Å²) in [7, 11) is 0. The molecule has 0 bridgehead atoms. The Morgan fingerprint density at radius 1 is 1.17 bits per heavy atom. The van der Waals surface area contributed by atoms with Crippen molar-refractivity contribution in [1.82, 2.24) is 0 Å². The van der Waals surface area contributed by atoms with Crippen LogP contribution >= 0.6 is 0 Å². The Labute approximate surface area is 108 Å². The lowest BCUT2D eigenvalue weighted by Crippen LogP contribution is -2.46. The summed E-state index contributed by atoms with van der Waals surface area (Å²) in [6, 6.07) is 0. The summed E-state index contributed by atoms with van der Waals surface area (Å²) in [5, 5.41) is 20.2. The second-order valence-corrected chi connectivity index (χ2v) is 6.12. The van der Waals surface area contributed by atoms with E-state index in [4.69, 9.17) is 4.74 Å². The summed E-state index contributed by atoms with van der Waals surface area (Å²) < 4.78 is 5.13. The maximum Gasteiger partial charge on any atom is 0.311 e. The van der Waals surface area contributed by atoms with E-state index in [1.165, 1.54) is 0 Å². The van der Waals surface area contributed by atoms with Gasteiger partial charge in [-0.3, -0.25) is 4.79 Å². The van der Waals surface area contributed by atoms with Gasteiger partial charge in [0.1, 0.15) is 0 Å². The van der Waals surface area contributed by atoms with Crippen LogP contribution in [0.15, 0.2) is 0 Å². The van der Waals surface area contributed by atoms with E-state index in [1.54, 1.807) is 0 Å². The number of carbonyl (C=O) groups excluding carboxylic acids is 1. The van der Waals surface area contributed by atoms with Gasteiger partial charge < -0.3 is 14.9 Å². The first-order chi connectivity index (χ1) is 8.44. The van der Waals surface area contributed by atoms with Crippen LogP contribution in [0.3, 0.4) is 0 Å². The summed E-state index contributed by atoms with van der Waals surface area (Å²) in [5.74, 6) is -0.137. The first-order valence-corrected chi connectivity index (χ1v) is 6.98. The number of esters is 1. The van der Waals surface area contributed by atoms with Crippen molar-refractivity contribution in [3.8, 4) is 0 Å². The summed E-state index contributed by atoms with van der Waals surface area (Å²) in [6.45, 7) is 4.16. The van der Waals surface area contributed by atoms with Gasteiger partial charge in [0.15, 0.2) is 0 Å². The van der Waals surface area contributed by atoms with Crippen LogP contribution in [0, 0.1) is 10.8 Å². The van der Waals surface area contributed by atoms with E-state index in [1.807, 2.05) is 13.8 Å². The van der Waals surface area contributed by atoms with Crippen molar-refractivity contribution >= 4 is 5.97 Å². The third-order valence-electron chi connectivity index (χ3n) is 5.09. The van der Waals surface area contributed by atoms with Crippen molar-refractivity contribution in [2.24, 2.45) is 10.8 Å². The molecule has 0 aromatic carbocycles. The van der Waals surface area contributed by atoms with Crippen LogP contribution in [0.2, 0.25) is 0 Å². The molecule has 2 aliphatic carbocycles. The first kappa shape index (κ1) is 13.8. The highest BCUT2D eigenvalue weighted by molar-refractivity contribution is 5.76. The molecule has 1 spiro atoms. The van der Waals surface area contributed by atoms with Gasteiger partial charge in [-0.05, 0) is 52.4 Å². The number of hydrogen-bond donors (Lipinski definition) is 2. The molecule has 4 heteroatoms. The van der Waals surface area contributed by atoms with E-state index in [-0.39, 0.29) is 11.4 Å². The van der Waals surface area contributed by atoms with Crippen molar-refractivity contribution < 1.29 is 19.7 Å². The highest BCUT2D eigenvalue weighted by Crippen LogP contribution is 2.54. The number of aliphatic hydroxyl groups excluding tert-OH is 2. The fraction of sp³-hybridized carbons (Fsp3) is 0.929. The molecule has 2 fully saturated rings. The van der Waals surface area contributed by atoms with Crippen LogP contribution in [0.4, 0.5) is 0 Å². The van der Waals surface area contributed by atoms with E-state index in [2.05, 4.69) is 0 Å². The van der Waals surface area contributed by atoms with Crippen molar-refractivity contribution in [1.29, 1.82) is 0 Å². The Kier molecular flexibility index (Phi) is 3.70. The van der Waals surface area contributed by atoms with Gasteiger partial charge in [-0.1, -0.05) is 0 Å². The molecular weight excluding hydrogens is 232 g/mol. The van der Waals surface area contributed by atoms with Gasteiger partial charge in [-0.15, -0.1) is 0 Å². The van der Waals surface area contributed by atoms with Crippen LogP contribution in [0.25, 0.3) is 0 Å². The Balaban J connectivity index is 2.05. The minimum absolute atomic E-state index is 0.137. The van der Waals surface area contributed by atoms with E-state index in [9.17, 15) is 15.0 Å². The van der Waals surface area contributed by atoms with E-state index < -0.39 is 17.6 Å². The van der Waals surface area contributed by atoms with E-state index in [0.29, 0.717) is 45.1 Å². The molecule has 0 radical (unpaired) electrons. The molecule has 0 saturated heterocycles. The maximum absolute atomic E-state index is 11.9. The predicted octanol–water partition coefficient (Wildman–Crippen LogP) is 1.63. The maximum atomic E-state index is 11.9. The Morgan fingerprint density at radius 3 is 2.11 bits per heavy atom. The first-order valence-electron chi connectivity index (χ1n) is 6.98. The van der Waals surface area contributed by atoms with E-state index in [0.717, 1.165) is 0 Å². The second-order valence-electron chi connectivity index (χ2n) is 6.12. The van der Waals surface area contributed by atoms with Gasteiger partial charge in [-0.25, -0.2) is 0 Å². The molecule has 0 aliphatic heterocycles. The molecule has 4 nitrogen and oxygen atoms in total. The highest BCUT2D eigenvalue weighted by atomic mass is 16.5. The molecular formula is C14H24O4. The van der Waals surface area contributed by atoms with Crippen LogP contribution in [-0.2, 0) is 9.53 Å². The molecule has 2 saturated carbocycles. The number of aliphatic hydroxyl groups is 2. The van der Waals surface area contributed by atoms with Crippen LogP contribution in [0.5, 0.6) is 0 Å². The molecule has 0 amide bonds. The summed E-state index contributed by atoms with van der Waals surface area (Å²) in [5.41, 5.74) is -0.810. The lowest BCUT2D eigenvalue weighted by atomic mass is 9.62. The minimum Gasteiger partial charge on any atom is -0.466 e. The lowest BCUT2D eigenvalue weighted by Gasteiger charge is -2.45. The summed E-state index contributed by atoms with van der Waals surface area (Å²) in [4.78, 5) is 11.9. The van der Waals surface area contributed by atoms with Gasteiger partial charge in [0.05, 0.1) is 24.2 Å². The zero-order chi connectivity index (χ0) is 13.4. The van der Waals surface area contributed by atoms with Gasteiger partial charge >= 0.3 is 5.97 Å². The average molecular weight is 256 g/mol. The molecule has 104 valence electrons. The number of carbonyl (C=O) groups is 1. The molecule has 2 atom stereocenters. The van der Waals surface area contributed by atoms with Crippen LogP contribution in [-0.4, -0.2) is 35.0 Å². The fourth-order valence-electron chi connectivity index (χ4n) is 3.56. The van der Waals surface area contributed by atoms with Gasteiger partial charge in [0, 0.05) is 5.41 Å². The molecule has 2 aliphatic rings. The normalized spacial score (nSPS) is 44.2. The van der Waals surface area contributed by atoms with Crippen molar-refractivity contribution in [2.45, 2.75) is 64.6 Å². The minimum atomic E-state index is -0.441. The molecule has 2 rings (SSSR count). The average Bonchev–Trinajstić information content (AvgIpc) is 2.62. The molecule has 2 N–H and O–H groups in total. The molecule has 18 heavy (non-hydrogen) atoms. The van der Waals surface area contributed by atoms with Crippen molar-refractivity contribution in [3.05, 3.63) is 0 Å². The third kappa shape index (κ3) is 2.05. The number of hydrogen-bond acceptors (Lipinski definition) is 4. The number of rotatable bonds is 2. The Morgan fingerprint density at radius 2 is 1.67 bits per heavy atom. The van der Waals surface area contributed by atoms with Gasteiger partial charge in [-0.2, -0.15) is 0 Å². The molecule has 0 aromatic rings. The van der Waals surface area contributed by atoms with Crippen LogP contribution < -0.4 is 0 Å². The smallest absolute Gasteiger partial charge is 0.311 e. The van der Waals surface area contributed by atoms with Crippen molar-refractivity contribution in [2.75, 3.05) is 6.61 Å². The Bertz CT molecular complexity index is 306. The fourth-order valence-corrected chi connectivity index (χ4v) is 3.56. The third-order valence-corrected chi connectivity index (χ3v) is 5.09. The number of ether oxygens (including phenoxy) is 1. The van der Waals surface area contributed by atoms with Crippen LogP contribution in [0.1, 0.15) is 52.4 Å². The zero-order valence-electron chi connectivity index (χ0n) is 11.3. The zero-order valence-corrected chi connectivity index (χ0v) is 11.3. The summed E-state index contributed by atoms with van der Waals surface area (Å²) >= 11 is 0. The lowest BCUT2D eigenvalue weighted by molar-refractivity contribution is -0.161.